The Kier molecular flexibility index (Phi) is 8.31. The van der Waals surface area contributed by atoms with Gasteiger partial charge in [-0.3, -0.25) is 0 Å². The zero-order valence-electron chi connectivity index (χ0n) is 31.0. The first-order valence-corrected chi connectivity index (χ1v) is 18.2. The largest absolute Gasteiger partial charge is 0.308 e. The molecule has 8 aromatic rings. The molecule has 0 saturated heterocycles. The standard InChI is InChI=1S/C47H41ClN4/c1-26-28(3)32(7)43-41(30(26)5)42-31(6)27(2)29(4)33(8)44(42)52(43)40-23-22-37(25-39(40)36-20-15-21-38(48)24-36)47-50-45(34-16-11-9-12-17-34)49-46(51-47)35-18-13-10-14-19-35/h9-25H,1-8H3. The van der Waals surface area contributed by atoms with Crippen LogP contribution in [0.1, 0.15) is 44.5 Å². The van der Waals surface area contributed by atoms with Crippen molar-refractivity contribution in [1.29, 1.82) is 0 Å². The van der Waals surface area contributed by atoms with Gasteiger partial charge < -0.3 is 4.57 Å². The smallest absolute Gasteiger partial charge is 0.164 e. The molecule has 0 atom stereocenters. The minimum Gasteiger partial charge on any atom is -0.308 e. The number of benzene rings is 6. The summed E-state index contributed by atoms with van der Waals surface area (Å²) in [5.74, 6) is 1.88. The monoisotopic (exact) mass is 696 g/mol. The van der Waals surface area contributed by atoms with Crippen LogP contribution in [0.3, 0.4) is 0 Å². The van der Waals surface area contributed by atoms with E-state index in [1.807, 2.05) is 72.8 Å². The number of hydrogen-bond donors (Lipinski definition) is 0. The van der Waals surface area contributed by atoms with Crippen molar-refractivity contribution < 1.29 is 0 Å². The highest BCUT2D eigenvalue weighted by atomic mass is 35.5. The van der Waals surface area contributed by atoms with Gasteiger partial charge in [0.1, 0.15) is 0 Å². The van der Waals surface area contributed by atoms with Crippen LogP contribution in [-0.2, 0) is 0 Å². The summed E-state index contributed by atoms with van der Waals surface area (Å²) in [6.07, 6.45) is 0. The number of hydrogen-bond acceptors (Lipinski definition) is 3. The third-order valence-electron chi connectivity index (χ3n) is 11.3. The molecular formula is C47H41ClN4. The van der Waals surface area contributed by atoms with Crippen LogP contribution >= 0.6 is 11.6 Å². The summed E-state index contributed by atoms with van der Waals surface area (Å²) in [5, 5.41) is 3.35. The number of halogens is 1. The molecular weight excluding hydrogens is 656 g/mol. The van der Waals surface area contributed by atoms with Crippen LogP contribution in [0.4, 0.5) is 0 Å². The summed E-state index contributed by atoms with van der Waals surface area (Å²) in [4.78, 5) is 15.1. The predicted octanol–water partition coefficient (Wildman–Crippen LogP) is 12.8. The molecule has 0 amide bonds. The minimum absolute atomic E-state index is 0.613. The highest BCUT2D eigenvalue weighted by Crippen LogP contribution is 2.45. The van der Waals surface area contributed by atoms with Crippen LogP contribution in [0.25, 0.3) is 72.8 Å². The first-order valence-electron chi connectivity index (χ1n) is 17.8. The fourth-order valence-electron chi connectivity index (χ4n) is 7.80. The van der Waals surface area contributed by atoms with Crippen molar-refractivity contribution in [1.82, 2.24) is 19.5 Å². The van der Waals surface area contributed by atoms with Crippen molar-refractivity contribution in [3.05, 3.63) is 153 Å². The molecule has 256 valence electrons. The molecule has 0 aliphatic heterocycles. The van der Waals surface area contributed by atoms with Gasteiger partial charge in [0.25, 0.3) is 0 Å². The van der Waals surface area contributed by atoms with E-state index in [1.165, 1.54) is 66.3 Å². The summed E-state index contributed by atoms with van der Waals surface area (Å²) >= 11 is 6.72. The third kappa shape index (κ3) is 5.32. The molecule has 0 spiro atoms. The van der Waals surface area contributed by atoms with Gasteiger partial charge in [-0.05, 0) is 136 Å². The van der Waals surface area contributed by atoms with E-state index in [2.05, 4.69) is 90.3 Å². The van der Waals surface area contributed by atoms with Crippen LogP contribution in [0, 0.1) is 55.4 Å². The lowest BCUT2D eigenvalue weighted by Crippen LogP contribution is -2.04. The van der Waals surface area contributed by atoms with Crippen LogP contribution in [0.2, 0.25) is 5.02 Å². The van der Waals surface area contributed by atoms with Gasteiger partial charge in [0, 0.05) is 38.0 Å². The van der Waals surface area contributed by atoms with Gasteiger partial charge in [0.05, 0.1) is 16.7 Å². The molecule has 0 radical (unpaired) electrons. The van der Waals surface area contributed by atoms with Crippen LogP contribution in [0.5, 0.6) is 0 Å². The Labute approximate surface area is 310 Å². The van der Waals surface area contributed by atoms with Crippen molar-refractivity contribution in [3.8, 4) is 51.0 Å². The third-order valence-corrected chi connectivity index (χ3v) is 11.6. The van der Waals surface area contributed by atoms with Crippen LogP contribution in [-0.4, -0.2) is 19.5 Å². The average Bonchev–Trinajstić information content (AvgIpc) is 3.54. The SMILES string of the molecule is Cc1c(C)c(C)c2c(c1C)c1c(C)c(C)c(C)c(C)c1n2-c1ccc(-c2nc(-c3ccccc3)nc(-c3ccccc3)n2)cc1-c1cccc(Cl)c1. The Morgan fingerprint density at radius 1 is 0.404 bits per heavy atom. The Morgan fingerprint density at radius 2 is 0.846 bits per heavy atom. The molecule has 2 heterocycles. The summed E-state index contributed by atoms with van der Waals surface area (Å²) in [5.41, 5.74) is 19.0. The Bertz CT molecular complexity index is 2570. The first kappa shape index (κ1) is 33.6. The average molecular weight is 697 g/mol. The van der Waals surface area contributed by atoms with E-state index in [-0.39, 0.29) is 0 Å². The molecule has 0 N–H and O–H groups in total. The van der Waals surface area contributed by atoms with E-state index in [0.717, 1.165) is 33.5 Å². The van der Waals surface area contributed by atoms with Crippen molar-refractivity contribution in [3.63, 3.8) is 0 Å². The second-order valence-electron chi connectivity index (χ2n) is 14.1. The van der Waals surface area contributed by atoms with Gasteiger partial charge in [-0.15, -0.1) is 0 Å². The normalized spacial score (nSPS) is 11.6. The molecule has 4 nitrogen and oxygen atoms in total. The van der Waals surface area contributed by atoms with Gasteiger partial charge in [-0.2, -0.15) is 0 Å². The van der Waals surface area contributed by atoms with Gasteiger partial charge in [-0.25, -0.2) is 15.0 Å². The lowest BCUT2D eigenvalue weighted by Gasteiger charge is -2.20. The second kappa shape index (κ2) is 12.9. The number of rotatable bonds is 5. The Morgan fingerprint density at radius 3 is 1.33 bits per heavy atom. The maximum Gasteiger partial charge on any atom is 0.164 e. The number of aromatic nitrogens is 4. The van der Waals surface area contributed by atoms with Crippen molar-refractivity contribution >= 4 is 33.4 Å². The lowest BCUT2D eigenvalue weighted by atomic mass is 9.90. The van der Waals surface area contributed by atoms with Crippen molar-refractivity contribution in [2.75, 3.05) is 0 Å². The highest BCUT2D eigenvalue weighted by molar-refractivity contribution is 6.30. The van der Waals surface area contributed by atoms with E-state index < -0.39 is 0 Å². The molecule has 5 heteroatoms. The Balaban J connectivity index is 1.49. The first-order chi connectivity index (χ1) is 25.0. The summed E-state index contributed by atoms with van der Waals surface area (Å²) in [6, 6.07) is 35.0. The van der Waals surface area contributed by atoms with E-state index in [4.69, 9.17) is 26.6 Å². The number of fused-ring (bicyclic) bond motifs is 3. The van der Waals surface area contributed by atoms with Crippen LogP contribution < -0.4 is 0 Å². The molecule has 0 aliphatic rings. The van der Waals surface area contributed by atoms with Gasteiger partial charge >= 0.3 is 0 Å². The molecule has 0 unspecified atom stereocenters. The number of aryl methyl sites for hydroxylation is 4. The molecule has 0 fully saturated rings. The molecule has 52 heavy (non-hydrogen) atoms. The molecule has 6 aromatic carbocycles. The minimum atomic E-state index is 0.613. The predicted molar refractivity (Wildman–Crippen MR) is 219 cm³/mol. The zero-order valence-corrected chi connectivity index (χ0v) is 31.7. The number of nitrogens with zero attached hydrogens (tertiary/aromatic N) is 4. The maximum atomic E-state index is 6.72. The summed E-state index contributed by atoms with van der Waals surface area (Å²) < 4.78 is 2.52. The lowest BCUT2D eigenvalue weighted by molar-refractivity contribution is 1.07. The second-order valence-corrected chi connectivity index (χ2v) is 14.5. The van der Waals surface area contributed by atoms with Gasteiger partial charge in [0.2, 0.25) is 0 Å². The molecule has 2 aromatic heterocycles. The zero-order chi connectivity index (χ0) is 36.4. The molecule has 0 saturated carbocycles. The summed E-state index contributed by atoms with van der Waals surface area (Å²) in [7, 11) is 0. The summed E-state index contributed by atoms with van der Waals surface area (Å²) in [6.45, 7) is 18.2. The maximum absolute atomic E-state index is 6.72. The van der Waals surface area contributed by atoms with E-state index >= 15 is 0 Å². The quantitative estimate of drug-likeness (QED) is 0.180. The van der Waals surface area contributed by atoms with Gasteiger partial charge in [0.15, 0.2) is 17.5 Å². The molecule has 8 rings (SSSR count). The Hall–Kier alpha value is -5.58. The topological polar surface area (TPSA) is 43.6 Å². The van der Waals surface area contributed by atoms with Crippen molar-refractivity contribution in [2.45, 2.75) is 55.4 Å². The van der Waals surface area contributed by atoms with Gasteiger partial charge in [-0.1, -0.05) is 84.4 Å². The van der Waals surface area contributed by atoms with Crippen LogP contribution in [0.15, 0.2) is 103 Å². The molecule has 0 aliphatic carbocycles. The fourth-order valence-corrected chi connectivity index (χ4v) is 7.99. The van der Waals surface area contributed by atoms with E-state index in [9.17, 15) is 0 Å². The fraction of sp³-hybridized carbons (Fsp3) is 0.170. The van der Waals surface area contributed by atoms with Crippen molar-refractivity contribution in [2.24, 2.45) is 0 Å². The van der Waals surface area contributed by atoms with E-state index in [1.54, 1.807) is 0 Å². The molecule has 0 bridgehead atoms. The van der Waals surface area contributed by atoms with E-state index in [0.29, 0.717) is 22.5 Å². The highest BCUT2D eigenvalue weighted by Gasteiger charge is 2.26.